The Balaban J connectivity index is 3.81. The van der Waals surface area contributed by atoms with Gasteiger partial charge in [0.25, 0.3) is 0 Å². The van der Waals surface area contributed by atoms with Gasteiger partial charge >= 0.3 is 0 Å². The van der Waals surface area contributed by atoms with Gasteiger partial charge in [-0.1, -0.05) is 19.8 Å². The Hall–Kier alpha value is -1.05. The smallest absolute Gasteiger partial charge is 0.237 e. The molecule has 2 N–H and O–H groups in total. The third-order valence-corrected chi connectivity index (χ3v) is 3.30. The summed E-state index contributed by atoms with van der Waals surface area (Å²) >= 11 is 0. The van der Waals surface area contributed by atoms with Crippen LogP contribution in [0.25, 0.3) is 0 Å². The number of amides is 1. The molecule has 0 aromatic carbocycles. The summed E-state index contributed by atoms with van der Waals surface area (Å²) in [5.41, 5.74) is 0. The van der Waals surface area contributed by atoms with Crippen molar-refractivity contribution < 1.29 is 4.79 Å². The number of rotatable bonds is 10. The van der Waals surface area contributed by atoms with Gasteiger partial charge in [0.1, 0.15) is 0 Å². The number of carbonyl (C=O) groups excluding carboxylic acids is 1. The standard InChI is InChI=1S/C15H29N3O/c1-6-11-16-15(19)14(5)17-13(4)10-9-12-18(7-2)8-3/h1,13-14,17H,7-12H2,2-5H3,(H,16,19). The maximum atomic E-state index is 11.6. The summed E-state index contributed by atoms with van der Waals surface area (Å²) in [5, 5.41) is 5.98. The molecular weight excluding hydrogens is 238 g/mol. The van der Waals surface area contributed by atoms with Crippen molar-refractivity contribution in [3.8, 4) is 12.3 Å². The number of hydrogen-bond donors (Lipinski definition) is 2. The Morgan fingerprint density at radius 1 is 1.32 bits per heavy atom. The SMILES string of the molecule is C#CCNC(=O)C(C)NC(C)CCCN(CC)CC. The molecule has 0 fully saturated rings. The van der Waals surface area contributed by atoms with Crippen LogP contribution < -0.4 is 10.6 Å². The molecule has 0 aliphatic heterocycles. The molecule has 0 aromatic heterocycles. The van der Waals surface area contributed by atoms with E-state index in [1.54, 1.807) is 0 Å². The van der Waals surface area contributed by atoms with Crippen LogP contribution in [0.5, 0.6) is 0 Å². The predicted molar refractivity (Wildman–Crippen MR) is 80.9 cm³/mol. The molecule has 4 heteroatoms. The fraction of sp³-hybridized carbons (Fsp3) is 0.800. The molecule has 2 atom stereocenters. The van der Waals surface area contributed by atoms with Crippen LogP contribution in [0.3, 0.4) is 0 Å². The molecule has 0 spiro atoms. The molecule has 0 radical (unpaired) electrons. The minimum atomic E-state index is -0.197. The lowest BCUT2D eigenvalue weighted by Gasteiger charge is -2.22. The van der Waals surface area contributed by atoms with Crippen molar-refractivity contribution >= 4 is 5.91 Å². The first-order valence-electron chi connectivity index (χ1n) is 7.24. The lowest BCUT2D eigenvalue weighted by Crippen LogP contribution is -2.46. The van der Waals surface area contributed by atoms with E-state index < -0.39 is 0 Å². The summed E-state index contributed by atoms with van der Waals surface area (Å²) < 4.78 is 0. The fourth-order valence-corrected chi connectivity index (χ4v) is 2.04. The average Bonchev–Trinajstić information content (AvgIpc) is 2.40. The minimum Gasteiger partial charge on any atom is -0.344 e. The molecule has 0 saturated carbocycles. The van der Waals surface area contributed by atoms with Crippen LogP contribution in [0.1, 0.15) is 40.5 Å². The molecular formula is C15H29N3O. The topological polar surface area (TPSA) is 44.4 Å². The number of terminal acetylenes is 1. The van der Waals surface area contributed by atoms with Crippen LogP contribution in [-0.2, 0) is 4.79 Å². The van der Waals surface area contributed by atoms with Gasteiger partial charge in [-0.3, -0.25) is 4.79 Å². The highest BCUT2D eigenvalue weighted by atomic mass is 16.2. The summed E-state index contributed by atoms with van der Waals surface area (Å²) in [6.07, 6.45) is 7.33. The number of nitrogens with zero attached hydrogens (tertiary/aromatic N) is 1. The van der Waals surface area contributed by atoms with Gasteiger partial charge in [-0.2, -0.15) is 0 Å². The normalized spacial score (nSPS) is 13.9. The molecule has 0 saturated heterocycles. The largest absolute Gasteiger partial charge is 0.344 e. The van der Waals surface area contributed by atoms with Crippen LogP contribution >= 0.6 is 0 Å². The van der Waals surface area contributed by atoms with Crippen molar-refractivity contribution in [2.45, 2.75) is 52.6 Å². The second kappa shape index (κ2) is 10.8. The maximum absolute atomic E-state index is 11.6. The van der Waals surface area contributed by atoms with E-state index in [0.717, 1.165) is 32.5 Å². The molecule has 0 bridgehead atoms. The van der Waals surface area contributed by atoms with Gasteiger partial charge in [0.05, 0.1) is 12.6 Å². The Morgan fingerprint density at radius 3 is 2.47 bits per heavy atom. The van der Waals surface area contributed by atoms with E-state index in [1.807, 2.05) is 6.92 Å². The highest BCUT2D eigenvalue weighted by Gasteiger charge is 2.14. The van der Waals surface area contributed by atoms with Crippen LogP contribution in [0.15, 0.2) is 0 Å². The third-order valence-electron chi connectivity index (χ3n) is 3.30. The Morgan fingerprint density at radius 2 is 1.95 bits per heavy atom. The molecule has 0 aliphatic rings. The van der Waals surface area contributed by atoms with Crippen LogP contribution in [0, 0.1) is 12.3 Å². The van der Waals surface area contributed by atoms with E-state index in [2.05, 4.69) is 42.2 Å². The van der Waals surface area contributed by atoms with Crippen molar-refractivity contribution in [2.75, 3.05) is 26.2 Å². The zero-order chi connectivity index (χ0) is 14.7. The van der Waals surface area contributed by atoms with E-state index in [1.165, 1.54) is 0 Å². The maximum Gasteiger partial charge on any atom is 0.237 e. The summed E-state index contributed by atoms with van der Waals surface area (Å²) in [7, 11) is 0. The van der Waals surface area contributed by atoms with Gasteiger partial charge in [0.2, 0.25) is 5.91 Å². The molecule has 4 nitrogen and oxygen atoms in total. The fourth-order valence-electron chi connectivity index (χ4n) is 2.04. The summed E-state index contributed by atoms with van der Waals surface area (Å²) in [5.74, 6) is 2.37. The van der Waals surface area contributed by atoms with Gasteiger partial charge in [0, 0.05) is 6.04 Å². The second-order valence-corrected chi connectivity index (χ2v) is 4.88. The lowest BCUT2D eigenvalue weighted by molar-refractivity contribution is -0.122. The van der Waals surface area contributed by atoms with E-state index in [4.69, 9.17) is 6.42 Å². The number of hydrogen-bond acceptors (Lipinski definition) is 3. The first-order chi connectivity index (χ1) is 9.04. The Kier molecular flexibility index (Phi) is 10.2. The quantitative estimate of drug-likeness (QED) is 0.585. The highest BCUT2D eigenvalue weighted by molar-refractivity contribution is 5.81. The van der Waals surface area contributed by atoms with Crippen molar-refractivity contribution in [2.24, 2.45) is 0 Å². The van der Waals surface area contributed by atoms with Crippen molar-refractivity contribution in [3.05, 3.63) is 0 Å². The lowest BCUT2D eigenvalue weighted by atomic mass is 10.1. The van der Waals surface area contributed by atoms with E-state index >= 15 is 0 Å². The molecule has 0 aliphatic carbocycles. The van der Waals surface area contributed by atoms with Crippen molar-refractivity contribution in [3.63, 3.8) is 0 Å². The molecule has 0 rings (SSSR count). The van der Waals surface area contributed by atoms with Gasteiger partial charge in [-0.15, -0.1) is 6.42 Å². The predicted octanol–water partition coefficient (Wildman–Crippen LogP) is 1.22. The molecule has 110 valence electrons. The van der Waals surface area contributed by atoms with Crippen molar-refractivity contribution in [1.29, 1.82) is 0 Å². The van der Waals surface area contributed by atoms with Crippen molar-refractivity contribution in [1.82, 2.24) is 15.5 Å². The minimum absolute atomic E-state index is 0.0338. The van der Waals surface area contributed by atoms with Gasteiger partial charge < -0.3 is 15.5 Å². The van der Waals surface area contributed by atoms with Crippen LogP contribution in [0.4, 0.5) is 0 Å². The number of carbonyl (C=O) groups is 1. The number of nitrogens with one attached hydrogen (secondary N) is 2. The monoisotopic (exact) mass is 267 g/mol. The average molecular weight is 267 g/mol. The van der Waals surface area contributed by atoms with Gasteiger partial charge in [-0.05, 0) is 46.3 Å². The van der Waals surface area contributed by atoms with Crippen LogP contribution in [0.2, 0.25) is 0 Å². The highest BCUT2D eigenvalue weighted by Crippen LogP contribution is 2.01. The summed E-state index contributed by atoms with van der Waals surface area (Å²) in [6.45, 7) is 12.0. The summed E-state index contributed by atoms with van der Waals surface area (Å²) in [6, 6.07) is 0.138. The molecule has 2 unspecified atom stereocenters. The molecule has 0 aromatic rings. The Bertz CT molecular complexity index is 282. The summed E-state index contributed by atoms with van der Waals surface area (Å²) in [4.78, 5) is 14.0. The molecule has 19 heavy (non-hydrogen) atoms. The second-order valence-electron chi connectivity index (χ2n) is 4.88. The first-order valence-corrected chi connectivity index (χ1v) is 7.24. The zero-order valence-electron chi connectivity index (χ0n) is 12.8. The van der Waals surface area contributed by atoms with Gasteiger partial charge in [-0.25, -0.2) is 0 Å². The van der Waals surface area contributed by atoms with E-state index in [9.17, 15) is 4.79 Å². The first kappa shape index (κ1) is 17.9. The van der Waals surface area contributed by atoms with E-state index in [0.29, 0.717) is 12.6 Å². The van der Waals surface area contributed by atoms with E-state index in [-0.39, 0.29) is 11.9 Å². The molecule has 0 heterocycles. The molecule has 1 amide bonds. The Labute approximate surface area is 118 Å². The van der Waals surface area contributed by atoms with Gasteiger partial charge in [0.15, 0.2) is 0 Å². The van der Waals surface area contributed by atoms with Crippen LogP contribution in [-0.4, -0.2) is 49.1 Å². The third kappa shape index (κ3) is 8.63. The zero-order valence-corrected chi connectivity index (χ0v) is 12.8.